The first-order chi connectivity index (χ1) is 35.1. The van der Waals surface area contributed by atoms with Crippen LogP contribution in [0.4, 0.5) is 11.4 Å². The van der Waals surface area contributed by atoms with Gasteiger partial charge in [0.15, 0.2) is 0 Å². The molecule has 5 aliphatic heterocycles. The maximum absolute atomic E-state index is 11.8. The van der Waals surface area contributed by atoms with E-state index in [2.05, 4.69) is 102 Å². The Kier molecular flexibility index (Phi) is 12.7. The molecule has 4 atom stereocenters. The van der Waals surface area contributed by atoms with Crippen molar-refractivity contribution in [1.82, 2.24) is 49.9 Å². The van der Waals surface area contributed by atoms with E-state index in [1.54, 1.807) is 0 Å². The highest BCUT2D eigenvalue weighted by molar-refractivity contribution is 5.87. The number of imidazole rings is 2. The number of anilines is 2. The average Bonchev–Trinajstić information content (AvgIpc) is 4.20. The molecule has 13 rings (SSSR count). The van der Waals surface area contributed by atoms with Gasteiger partial charge in [0.2, 0.25) is 23.6 Å². The molecule has 17 heteroatoms. The molecule has 0 radical (unpaired) electrons. The van der Waals surface area contributed by atoms with Gasteiger partial charge in [-0.25, -0.2) is 19.9 Å². The Labute approximate surface area is 421 Å². The molecule has 2 amide bonds. The Bertz CT molecular complexity index is 2980. The molecule has 378 valence electrons. The number of carbonyl (C=O) groups excluding carboxylic acids is 2. The van der Waals surface area contributed by atoms with E-state index in [1.807, 2.05) is 26.5 Å². The van der Waals surface area contributed by atoms with E-state index in [-0.39, 0.29) is 35.9 Å². The first-order valence-corrected chi connectivity index (χ1v) is 26.5. The zero-order valence-electron chi connectivity index (χ0n) is 42.1. The standard InChI is InChI=1S/C29H36N6O3.C26H32N6O2/c1-18-11-20(3-6-26(18)34-9-7-33(8-10-34)23-15-37-16-23)24-13-25-28(35(17-31-25)22-4-5-22)29(32-24)38-19(2)21-12-27(36)30-14-21;1-16-11-18(3-6-23(16)31-9-7-27-8-10-31)21-13-22-25(32(15-29-22)20-4-5-20)26(30-21)34-17(2)19-12-24(33)28-14-19/h3,6,11,13,17,19,21-23H,4-5,7-10,12,14-16H2,1-2H3,(H,30,36);3,6,11,13,15,17,19-20,27H,4-5,7-10,12,14H2,1-2H3,(H,28,33)/t19-,21-;17-,19-/m11/s1. The van der Waals surface area contributed by atoms with E-state index >= 15 is 0 Å². The molecule has 3 N–H and O–H groups in total. The summed E-state index contributed by atoms with van der Waals surface area (Å²) < 4.78 is 22.8. The Balaban J connectivity index is 0.000000148. The normalized spacial score (nSPS) is 22.6. The number of fused-ring (bicyclic) bond motifs is 2. The van der Waals surface area contributed by atoms with Gasteiger partial charge in [-0.3, -0.25) is 14.5 Å². The van der Waals surface area contributed by atoms with Crippen LogP contribution in [0.15, 0.2) is 61.2 Å². The second-order valence-electron chi connectivity index (χ2n) is 21.3. The molecule has 2 aromatic carbocycles. The van der Waals surface area contributed by atoms with Gasteiger partial charge in [0.1, 0.15) is 23.2 Å². The van der Waals surface area contributed by atoms with Crippen molar-refractivity contribution in [3.63, 3.8) is 0 Å². The summed E-state index contributed by atoms with van der Waals surface area (Å²) in [5, 5.41) is 9.27. The molecule has 7 fully saturated rings. The van der Waals surface area contributed by atoms with Gasteiger partial charge in [-0.1, -0.05) is 12.1 Å². The lowest BCUT2D eigenvalue weighted by molar-refractivity contribution is -0.120. The van der Waals surface area contributed by atoms with Gasteiger partial charge < -0.3 is 49.1 Å². The number of aromatic nitrogens is 6. The van der Waals surface area contributed by atoms with Crippen LogP contribution in [0.1, 0.15) is 75.6 Å². The van der Waals surface area contributed by atoms with Crippen molar-refractivity contribution < 1.29 is 23.8 Å². The van der Waals surface area contributed by atoms with E-state index < -0.39 is 0 Å². The zero-order valence-corrected chi connectivity index (χ0v) is 42.1. The van der Waals surface area contributed by atoms with Gasteiger partial charge >= 0.3 is 0 Å². The van der Waals surface area contributed by atoms with Crippen LogP contribution in [0.2, 0.25) is 0 Å². The molecule has 0 spiro atoms. The van der Waals surface area contributed by atoms with Gasteiger partial charge in [0.25, 0.3) is 0 Å². The van der Waals surface area contributed by atoms with Crippen LogP contribution in [0.3, 0.4) is 0 Å². The number of amides is 2. The summed E-state index contributed by atoms with van der Waals surface area (Å²) in [6.45, 7) is 19.8. The molecule has 9 heterocycles. The fourth-order valence-electron chi connectivity index (χ4n) is 11.2. The molecule has 4 aromatic heterocycles. The maximum atomic E-state index is 11.8. The van der Waals surface area contributed by atoms with Crippen LogP contribution in [-0.4, -0.2) is 143 Å². The largest absolute Gasteiger partial charge is 0.473 e. The Hall–Kier alpha value is -6.30. The van der Waals surface area contributed by atoms with Crippen LogP contribution in [-0.2, 0) is 14.3 Å². The number of hydrogen-bond acceptors (Lipinski definition) is 13. The van der Waals surface area contributed by atoms with E-state index in [4.69, 9.17) is 34.1 Å². The first kappa shape index (κ1) is 46.8. The summed E-state index contributed by atoms with van der Waals surface area (Å²) in [5.74, 6) is 1.70. The molecule has 0 bridgehead atoms. The van der Waals surface area contributed by atoms with Crippen LogP contribution in [0, 0.1) is 25.7 Å². The van der Waals surface area contributed by atoms with E-state index in [0.29, 0.717) is 55.8 Å². The molecule has 2 saturated carbocycles. The van der Waals surface area contributed by atoms with Crippen molar-refractivity contribution in [2.24, 2.45) is 11.8 Å². The smallest absolute Gasteiger partial charge is 0.241 e. The first-order valence-electron chi connectivity index (χ1n) is 26.5. The quantitative estimate of drug-likeness (QED) is 0.119. The number of benzene rings is 2. The number of aryl methyl sites for hydroxylation is 2. The van der Waals surface area contributed by atoms with Crippen LogP contribution in [0.25, 0.3) is 44.6 Å². The molecule has 72 heavy (non-hydrogen) atoms. The number of pyridine rings is 2. The minimum absolute atomic E-state index is 0.0920. The average molecular weight is 977 g/mol. The lowest BCUT2D eigenvalue weighted by Gasteiger charge is -2.43. The van der Waals surface area contributed by atoms with E-state index in [9.17, 15) is 9.59 Å². The zero-order chi connectivity index (χ0) is 49.0. The SMILES string of the molecule is Cc1cc(-c2cc3ncn(C4CC4)c3c(O[C@H](C)[C@H]3CNC(=O)C3)n2)ccc1N1CCN(C2COC2)CC1.Cc1cc(-c2cc3ncn(C4CC4)c3c(O[C@H](C)[C@H]3CNC(=O)C3)n2)ccc1N1CCNCC1. The molecule has 5 saturated heterocycles. The molecular formula is C55H68N12O5. The van der Waals surface area contributed by atoms with Crippen molar-refractivity contribution in [2.45, 2.75) is 96.6 Å². The second kappa shape index (κ2) is 19.6. The van der Waals surface area contributed by atoms with Crippen molar-refractivity contribution >= 4 is 45.3 Å². The second-order valence-corrected chi connectivity index (χ2v) is 21.3. The third-order valence-electron chi connectivity index (χ3n) is 16.1. The Morgan fingerprint density at radius 3 is 1.49 bits per heavy atom. The fraction of sp³-hybridized carbons (Fsp3) is 0.527. The van der Waals surface area contributed by atoms with Crippen molar-refractivity contribution in [3.8, 4) is 34.3 Å². The van der Waals surface area contributed by atoms with Crippen LogP contribution >= 0.6 is 0 Å². The highest BCUT2D eigenvalue weighted by atomic mass is 16.5. The van der Waals surface area contributed by atoms with Crippen molar-refractivity contribution in [1.29, 1.82) is 0 Å². The summed E-state index contributed by atoms with van der Waals surface area (Å²) in [7, 11) is 0. The number of piperazine rings is 2. The lowest BCUT2D eigenvalue weighted by Crippen LogP contribution is -2.56. The molecule has 6 aromatic rings. The van der Waals surface area contributed by atoms with Crippen LogP contribution < -0.4 is 35.2 Å². The predicted molar refractivity (Wildman–Crippen MR) is 278 cm³/mol. The summed E-state index contributed by atoms with van der Waals surface area (Å²) in [6.07, 6.45) is 9.24. The van der Waals surface area contributed by atoms with E-state index in [1.165, 1.54) is 22.5 Å². The minimum atomic E-state index is -0.128. The topological polar surface area (TPSA) is 169 Å². The maximum Gasteiger partial charge on any atom is 0.241 e. The van der Waals surface area contributed by atoms with Gasteiger partial charge in [0.05, 0.1) is 54.3 Å². The highest BCUT2D eigenvalue weighted by Gasteiger charge is 2.34. The van der Waals surface area contributed by atoms with Crippen LogP contribution in [0.5, 0.6) is 11.8 Å². The molecule has 2 aliphatic carbocycles. The summed E-state index contributed by atoms with van der Waals surface area (Å²) in [4.78, 5) is 50.6. The number of hydrogen-bond donors (Lipinski definition) is 3. The predicted octanol–water partition coefficient (Wildman–Crippen LogP) is 6.22. The van der Waals surface area contributed by atoms with Gasteiger partial charge in [-0.05, 0) is 101 Å². The van der Waals surface area contributed by atoms with Gasteiger partial charge in [-0.15, -0.1) is 0 Å². The fourth-order valence-corrected chi connectivity index (χ4v) is 11.2. The van der Waals surface area contributed by atoms with Crippen molar-refractivity contribution in [2.75, 3.05) is 88.5 Å². The summed E-state index contributed by atoms with van der Waals surface area (Å²) >= 11 is 0. The number of ether oxygens (including phenoxy) is 3. The van der Waals surface area contributed by atoms with Gasteiger partial charge in [-0.2, -0.15) is 0 Å². The minimum Gasteiger partial charge on any atom is -0.473 e. The third-order valence-corrected chi connectivity index (χ3v) is 16.1. The molecular weight excluding hydrogens is 909 g/mol. The van der Waals surface area contributed by atoms with E-state index in [0.717, 1.165) is 136 Å². The Morgan fingerprint density at radius 1 is 0.611 bits per heavy atom. The number of nitrogens with zero attached hydrogens (tertiary/aromatic N) is 9. The van der Waals surface area contributed by atoms with Gasteiger partial charge in [0, 0.05) is 125 Å². The highest BCUT2D eigenvalue weighted by Crippen LogP contribution is 2.43. The molecule has 17 nitrogen and oxygen atoms in total. The third kappa shape index (κ3) is 9.58. The number of carbonyl (C=O) groups is 2. The van der Waals surface area contributed by atoms with Crippen molar-refractivity contribution in [3.05, 3.63) is 72.3 Å². The number of nitrogens with one attached hydrogen (secondary N) is 3. The monoisotopic (exact) mass is 977 g/mol. The molecule has 0 unspecified atom stereocenters. The summed E-state index contributed by atoms with van der Waals surface area (Å²) in [5.41, 5.74) is 12.7. The number of rotatable bonds is 13. The lowest BCUT2D eigenvalue weighted by atomic mass is 10.0. The summed E-state index contributed by atoms with van der Waals surface area (Å²) in [6, 6.07) is 18.9. The molecule has 7 aliphatic rings. The Morgan fingerprint density at radius 2 is 1.08 bits per heavy atom.